The number of allylic oxidation sites excluding steroid dienone is 1. The van der Waals surface area contributed by atoms with Crippen molar-refractivity contribution in [1.82, 2.24) is 5.32 Å². The highest BCUT2D eigenvalue weighted by molar-refractivity contribution is 5.79. The highest BCUT2D eigenvalue weighted by Gasteiger charge is 2.22. The zero-order valence-corrected chi connectivity index (χ0v) is 6.21. The summed E-state index contributed by atoms with van der Waals surface area (Å²) in [5, 5.41) is 2.81. The highest BCUT2D eigenvalue weighted by Crippen LogP contribution is 2.19. The topological polar surface area (TPSA) is 41.5 Å². The number of rotatable bonds is 0. The number of aliphatic imine (C=N–C) groups is 1. The molecule has 0 bridgehead atoms. The zero-order chi connectivity index (χ0) is 7.68. The lowest BCUT2D eigenvalue weighted by Crippen LogP contribution is -2.40. The van der Waals surface area contributed by atoms with E-state index in [0.717, 1.165) is 12.8 Å². The van der Waals surface area contributed by atoms with Crippen LogP contribution in [0.5, 0.6) is 0 Å². The Morgan fingerprint density at radius 2 is 2.45 bits per heavy atom. The Kier molecular flexibility index (Phi) is 1.49. The van der Waals surface area contributed by atoms with Crippen LogP contribution in [-0.4, -0.2) is 18.3 Å². The van der Waals surface area contributed by atoms with Gasteiger partial charge in [0, 0.05) is 19.1 Å². The molecule has 1 amide bonds. The summed E-state index contributed by atoms with van der Waals surface area (Å²) in [5.74, 6) is 0.117. The third kappa shape index (κ3) is 1.18. The molecule has 1 atom stereocenters. The Balaban J connectivity index is 2.16. The molecule has 1 saturated heterocycles. The van der Waals surface area contributed by atoms with E-state index in [4.69, 9.17) is 0 Å². The number of amides is 1. The zero-order valence-electron chi connectivity index (χ0n) is 6.21. The van der Waals surface area contributed by atoms with Crippen LogP contribution in [0.2, 0.25) is 0 Å². The average Bonchev–Trinajstić information content (AvgIpc) is 2.04. The monoisotopic (exact) mass is 150 g/mol. The van der Waals surface area contributed by atoms with Gasteiger partial charge in [-0.05, 0) is 12.0 Å². The van der Waals surface area contributed by atoms with Gasteiger partial charge in [-0.1, -0.05) is 6.08 Å². The number of dihydropyridines is 1. The summed E-state index contributed by atoms with van der Waals surface area (Å²) in [6.45, 7) is 0. The second-order valence-corrected chi connectivity index (χ2v) is 2.82. The van der Waals surface area contributed by atoms with Crippen molar-refractivity contribution in [2.45, 2.75) is 25.4 Å². The lowest BCUT2D eigenvalue weighted by atomic mass is 10.0. The van der Waals surface area contributed by atoms with E-state index in [-0.39, 0.29) is 12.1 Å². The molecule has 0 aromatic heterocycles. The van der Waals surface area contributed by atoms with E-state index in [1.54, 1.807) is 0 Å². The summed E-state index contributed by atoms with van der Waals surface area (Å²) in [6.07, 6.45) is 6.38. The van der Waals surface area contributed by atoms with Gasteiger partial charge >= 0.3 is 0 Å². The van der Waals surface area contributed by atoms with E-state index in [1.807, 2.05) is 6.21 Å². The first-order chi connectivity index (χ1) is 5.36. The van der Waals surface area contributed by atoms with Crippen LogP contribution in [-0.2, 0) is 4.79 Å². The Bertz CT molecular complexity index is 242. The molecule has 58 valence electrons. The summed E-state index contributed by atoms with van der Waals surface area (Å²) >= 11 is 0. The standard InChI is InChI=1S/C8H10N2O/c11-7-4-3-6-2-1-5-9-8(6)10-7/h2,5,8H,1,3-4H2,(H,10,11). The van der Waals surface area contributed by atoms with Crippen molar-refractivity contribution in [3.8, 4) is 0 Å². The molecule has 2 aliphatic rings. The van der Waals surface area contributed by atoms with Gasteiger partial charge in [0.2, 0.25) is 5.91 Å². The van der Waals surface area contributed by atoms with Gasteiger partial charge in [-0.15, -0.1) is 0 Å². The minimum Gasteiger partial charge on any atom is -0.331 e. The quantitative estimate of drug-likeness (QED) is 0.505. The Labute approximate surface area is 65.2 Å². The summed E-state index contributed by atoms with van der Waals surface area (Å²) in [6, 6.07) is 0. The van der Waals surface area contributed by atoms with Gasteiger partial charge in [-0.25, -0.2) is 0 Å². The SMILES string of the molecule is O=C1CCC2=CCC=NC2N1. The fourth-order valence-corrected chi connectivity index (χ4v) is 1.43. The van der Waals surface area contributed by atoms with Gasteiger partial charge in [0.1, 0.15) is 6.17 Å². The Hall–Kier alpha value is -1.12. The summed E-state index contributed by atoms with van der Waals surface area (Å²) in [5.41, 5.74) is 1.27. The fraction of sp³-hybridized carbons (Fsp3) is 0.500. The second kappa shape index (κ2) is 2.49. The molecule has 0 aromatic rings. The minimum absolute atomic E-state index is 0.0370. The lowest BCUT2D eigenvalue weighted by Gasteiger charge is -2.25. The normalized spacial score (nSPS) is 28.9. The van der Waals surface area contributed by atoms with Gasteiger partial charge in [0.25, 0.3) is 0 Å². The number of hydrogen-bond acceptors (Lipinski definition) is 2. The van der Waals surface area contributed by atoms with E-state index in [2.05, 4.69) is 16.4 Å². The van der Waals surface area contributed by atoms with Crippen molar-refractivity contribution in [1.29, 1.82) is 0 Å². The van der Waals surface area contributed by atoms with Crippen LogP contribution in [0.1, 0.15) is 19.3 Å². The van der Waals surface area contributed by atoms with Crippen LogP contribution < -0.4 is 5.32 Å². The van der Waals surface area contributed by atoms with Gasteiger partial charge < -0.3 is 5.32 Å². The molecule has 0 spiro atoms. The molecule has 2 aliphatic heterocycles. The van der Waals surface area contributed by atoms with E-state index in [0.29, 0.717) is 6.42 Å². The first-order valence-corrected chi connectivity index (χ1v) is 3.86. The van der Waals surface area contributed by atoms with Crippen molar-refractivity contribution >= 4 is 12.1 Å². The van der Waals surface area contributed by atoms with E-state index >= 15 is 0 Å². The minimum atomic E-state index is -0.0370. The Morgan fingerprint density at radius 3 is 3.36 bits per heavy atom. The maximum atomic E-state index is 10.9. The van der Waals surface area contributed by atoms with Crippen LogP contribution in [0.4, 0.5) is 0 Å². The number of nitrogens with one attached hydrogen (secondary N) is 1. The lowest BCUT2D eigenvalue weighted by molar-refractivity contribution is -0.122. The number of hydrogen-bond donors (Lipinski definition) is 1. The number of piperidine rings is 1. The van der Waals surface area contributed by atoms with Gasteiger partial charge in [0.15, 0.2) is 0 Å². The molecule has 2 rings (SSSR count). The molecular formula is C8H10N2O. The Morgan fingerprint density at radius 1 is 1.55 bits per heavy atom. The van der Waals surface area contributed by atoms with Gasteiger partial charge in [-0.3, -0.25) is 9.79 Å². The molecular weight excluding hydrogens is 140 g/mol. The molecule has 0 aliphatic carbocycles. The predicted octanol–water partition coefficient (Wildman–Crippen LogP) is 0.623. The van der Waals surface area contributed by atoms with Crippen LogP contribution in [0.3, 0.4) is 0 Å². The molecule has 0 saturated carbocycles. The van der Waals surface area contributed by atoms with Crippen molar-refractivity contribution in [3.05, 3.63) is 11.6 Å². The van der Waals surface area contributed by atoms with E-state index in [1.165, 1.54) is 5.57 Å². The van der Waals surface area contributed by atoms with Gasteiger partial charge in [0.05, 0.1) is 0 Å². The maximum absolute atomic E-state index is 10.9. The second-order valence-electron chi connectivity index (χ2n) is 2.82. The van der Waals surface area contributed by atoms with Crippen molar-refractivity contribution in [3.63, 3.8) is 0 Å². The first-order valence-electron chi connectivity index (χ1n) is 3.86. The smallest absolute Gasteiger partial charge is 0.222 e. The third-order valence-electron chi connectivity index (χ3n) is 2.03. The molecule has 1 unspecified atom stereocenters. The van der Waals surface area contributed by atoms with E-state index < -0.39 is 0 Å². The summed E-state index contributed by atoms with van der Waals surface area (Å²) < 4.78 is 0. The average molecular weight is 150 g/mol. The molecule has 1 fully saturated rings. The van der Waals surface area contributed by atoms with Crippen LogP contribution in [0, 0.1) is 0 Å². The molecule has 2 heterocycles. The molecule has 3 nitrogen and oxygen atoms in total. The van der Waals surface area contributed by atoms with Crippen molar-refractivity contribution in [2.75, 3.05) is 0 Å². The molecule has 0 aromatic carbocycles. The molecule has 0 radical (unpaired) electrons. The molecule has 1 N–H and O–H groups in total. The van der Waals surface area contributed by atoms with Crippen molar-refractivity contribution in [2.24, 2.45) is 4.99 Å². The number of carbonyl (C=O) groups excluding carboxylic acids is 1. The van der Waals surface area contributed by atoms with Crippen LogP contribution in [0.25, 0.3) is 0 Å². The number of fused-ring (bicyclic) bond motifs is 1. The van der Waals surface area contributed by atoms with Crippen LogP contribution in [0.15, 0.2) is 16.6 Å². The molecule has 11 heavy (non-hydrogen) atoms. The van der Waals surface area contributed by atoms with Crippen molar-refractivity contribution < 1.29 is 4.79 Å². The predicted molar refractivity (Wildman–Crippen MR) is 42.4 cm³/mol. The van der Waals surface area contributed by atoms with Gasteiger partial charge in [-0.2, -0.15) is 0 Å². The molecule has 3 heteroatoms. The van der Waals surface area contributed by atoms with E-state index in [9.17, 15) is 4.79 Å². The highest BCUT2D eigenvalue weighted by atomic mass is 16.1. The first kappa shape index (κ1) is 6.58. The van der Waals surface area contributed by atoms with Crippen LogP contribution >= 0.6 is 0 Å². The fourth-order valence-electron chi connectivity index (χ4n) is 1.43. The maximum Gasteiger partial charge on any atom is 0.222 e. The number of carbonyl (C=O) groups is 1. The largest absolute Gasteiger partial charge is 0.331 e. The summed E-state index contributed by atoms with van der Waals surface area (Å²) in [7, 11) is 0. The number of nitrogens with zero attached hydrogens (tertiary/aromatic N) is 1. The third-order valence-corrected chi connectivity index (χ3v) is 2.03. The summed E-state index contributed by atoms with van der Waals surface area (Å²) in [4.78, 5) is 15.1.